The molecule has 0 unspecified atom stereocenters. The molecule has 0 atom stereocenters. The number of hydrogen-bond donors (Lipinski definition) is 0. The van der Waals surface area contributed by atoms with Gasteiger partial charge >= 0.3 is 0 Å². The smallest absolute Gasteiger partial charge is 0.293 e. The van der Waals surface area contributed by atoms with Crippen LogP contribution in [-0.2, 0) is 4.74 Å². The summed E-state index contributed by atoms with van der Waals surface area (Å²) in [5.41, 5.74) is 0.535. The lowest BCUT2D eigenvalue weighted by Crippen LogP contribution is -2.53. The maximum atomic E-state index is 11.2. The topological polar surface area (TPSA) is 55.6 Å². The number of benzene rings is 1. The van der Waals surface area contributed by atoms with Crippen molar-refractivity contribution in [3.8, 4) is 0 Å². The van der Waals surface area contributed by atoms with Crippen molar-refractivity contribution in [3.05, 3.63) is 32.8 Å². The molecule has 0 N–H and O–H groups in total. The Morgan fingerprint density at radius 2 is 2.22 bits per heavy atom. The first kappa shape index (κ1) is 13.3. The van der Waals surface area contributed by atoms with Crippen LogP contribution in [-0.4, -0.2) is 30.2 Å². The van der Waals surface area contributed by atoms with Gasteiger partial charge in [-0.2, -0.15) is 0 Å². The SMILES string of the molecule is CC1(C)COCCN1c1ccc(Br)cc1[N+](=O)[O-]. The molecule has 18 heavy (non-hydrogen) atoms. The molecule has 0 aliphatic carbocycles. The van der Waals surface area contributed by atoms with E-state index in [1.54, 1.807) is 12.1 Å². The zero-order chi connectivity index (χ0) is 13.3. The minimum absolute atomic E-state index is 0.124. The van der Waals surface area contributed by atoms with Crippen LogP contribution in [0.5, 0.6) is 0 Å². The van der Waals surface area contributed by atoms with Crippen molar-refractivity contribution in [1.82, 2.24) is 0 Å². The Hall–Kier alpha value is -1.14. The third-order valence-electron chi connectivity index (χ3n) is 3.07. The summed E-state index contributed by atoms with van der Waals surface area (Å²) >= 11 is 3.27. The molecule has 1 aliphatic rings. The highest BCUT2D eigenvalue weighted by Crippen LogP contribution is 2.36. The lowest BCUT2D eigenvalue weighted by atomic mass is 10.0. The van der Waals surface area contributed by atoms with Crippen LogP contribution in [0.2, 0.25) is 0 Å². The summed E-state index contributed by atoms with van der Waals surface area (Å²) in [4.78, 5) is 12.9. The Morgan fingerprint density at radius 1 is 1.50 bits per heavy atom. The van der Waals surface area contributed by atoms with Gasteiger partial charge in [0, 0.05) is 17.1 Å². The second-order valence-electron chi connectivity index (χ2n) is 4.91. The van der Waals surface area contributed by atoms with E-state index in [1.165, 1.54) is 0 Å². The third kappa shape index (κ3) is 2.49. The first-order valence-electron chi connectivity index (χ1n) is 5.71. The summed E-state index contributed by atoms with van der Waals surface area (Å²) in [5, 5.41) is 11.2. The normalized spacial score (nSPS) is 18.7. The number of nitrogens with zero attached hydrogens (tertiary/aromatic N) is 2. The molecule has 1 saturated heterocycles. The zero-order valence-electron chi connectivity index (χ0n) is 10.4. The molecular weight excluding hydrogens is 300 g/mol. The lowest BCUT2D eigenvalue weighted by Gasteiger charge is -2.43. The fraction of sp³-hybridized carbons (Fsp3) is 0.500. The molecular formula is C12H15BrN2O3. The number of rotatable bonds is 2. The standard InChI is InChI=1S/C12H15BrN2O3/c1-12(2)8-18-6-5-14(12)10-4-3-9(13)7-11(10)15(16)17/h3-4,7H,5-6,8H2,1-2H3. The first-order chi connectivity index (χ1) is 8.42. The van der Waals surface area contributed by atoms with Crippen molar-refractivity contribution < 1.29 is 9.66 Å². The minimum Gasteiger partial charge on any atom is -0.377 e. The Morgan fingerprint density at radius 3 is 2.83 bits per heavy atom. The van der Waals surface area contributed by atoms with E-state index in [2.05, 4.69) is 15.9 Å². The molecule has 1 fully saturated rings. The zero-order valence-corrected chi connectivity index (χ0v) is 11.9. The lowest BCUT2D eigenvalue weighted by molar-refractivity contribution is -0.384. The highest BCUT2D eigenvalue weighted by atomic mass is 79.9. The van der Waals surface area contributed by atoms with Crippen LogP contribution in [0.3, 0.4) is 0 Å². The molecule has 98 valence electrons. The fourth-order valence-corrected chi connectivity index (χ4v) is 2.52. The predicted molar refractivity (Wildman–Crippen MR) is 73.0 cm³/mol. The van der Waals surface area contributed by atoms with Gasteiger partial charge in [-0.05, 0) is 26.0 Å². The van der Waals surface area contributed by atoms with E-state index < -0.39 is 0 Å². The number of hydrogen-bond acceptors (Lipinski definition) is 4. The van der Waals surface area contributed by atoms with E-state index in [0.29, 0.717) is 29.9 Å². The molecule has 0 radical (unpaired) electrons. The quantitative estimate of drug-likeness (QED) is 0.622. The molecule has 6 heteroatoms. The summed E-state index contributed by atoms with van der Waals surface area (Å²) in [5.74, 6) is 0. The van der Waals surface area contributed by atoms with Crippen molar-refractivity contribution in [1.29, 1.82) is 0 Å². The average molecular weight is 315 g/mol. The maximum Gasteiger partial charge on any atom is 0.293 e. The molecule has 1 aromatic carbocycles. The molecule has 0 spiro atoms. The average Bonchev–Trinajstić information content (AvgIpc) is 2.29. The van der Waals surface area contributed by atoms with E-state index in [1.807, 2.05) is 24.8 Å². The molecule has 5 nitrogen and oxygen atoms in total. The van der Waals surface area contributed by atoms with E-state index in [9.17, 15) is 10.1 Å². The fourth-order valence-electron chi connectivity index (χ4n) is 2.18. The van der Waals surface area contributed by atoms with Crippen molar-refractivity contribution in [2.45, 2.75) is 19.4 Å². The van der Waals surface area contributed by atoms with E-state index in [4.69, 9.17) is 4.74 Å². The van der Waals surface area contributed by atoms with E-state index in [0.717, 1.165) is 0 Å². The summed E-state index contributed by atoms with van der Waals surface area (Å²) < 4.78 is 6.15. The molecule has 0 amide bonds. The number of morpholine rings is 1. The number of nitro benzene ring substituents is 1. The summed E-state index contributed by atoms with van der Waals surface area (Å²) in [6.45, 7) is 5.88. The number of ether oxygens (including phenoxy) is 1. The molecule has 1 aliphatic heterocycles. The van der Waals surface area contributed by atoms with Gasteiger partial charge in [0.25, 0.3) is 5.69 Å². The van der Waals surface area contributed by atoms with Crippen LogP contribution in [0.4, 0.5) is 11.4 Å². The Kier molecular flexibility index (Phi) is 3.59. The van der Waals surface area contributed by atoms with Crippen LogP contribution in [0.1, 0.15) is 13.8 Å². The molecule has 0 saturated carbocycles. The second-order valence-corrected chi connectivity index (χ2v) is 5.82. The van der Waals surface area contributed by atoms with Gasteiger partial charge in [-0.1, -0.05) is 15.9 Å². The predicted octanol–water partition coefficient (Wildman–Crippen LogP) is 2.97. The largest absolute Gasteiger partial charge is 0.377 e. The van der Waals surface area contributed by atoms with Crippen LogP contribution < -0.4 is 4.90 Å². The molecule has 1 heterocycles. The van der Waals surface area contributed by atoms with Gasteiger partial charge in [0.15, 0.2) is 0 Å². The van der Waals surface area contributed by atoms with Crippen molar-refractivity contribution >= 4 is 27.3 Å². The number of halogens is 1. The Labute approximate surface area is 114 Å². The molecule has 0 bridgehead atoms. The Bertz CT molecular complexity index is 476. The summed E-state index contributed by atoms with van der Waals surface area (Å²) in [6.07, 6.45) is 0. The maximum absolute atomic E-state index is 11.2. The highest BCUT2D eigenvalue weighted by Gasteiger charge is 2.34. The van der Waals surface area contributed by atoms with Crippen molar-refractivity contribution in [2.75, 3.05) is 24.7 Å². The molecule has 1 aromatic rings. The van der Waals surface area contributed by atoms with E-state index >= 15 is 0 Å². The van der Waals surface area contributed by atoms with Gasteiger partial charge in [-0.3, -0.25) is 10.1 Å². The van der Waals surface area contributed by atoms with Crippen LogP contribution >= 0.6 is 15.9 Å². The van der Waals surface area contributed by atoms with Crippen molar-refractivity contribution in [2.24, 2.45) is 0 Å². The van der Waals surface area contributed by atoms with Gasteiger partial charge in [-0.25, -0.2) is 0 Å². The van der Waals surface area contributed by atoms with Crippen molar-refractivity contribution in [3.63, 3.8) is 0 Å². The first-order valence-corrected chi connectivity index (χ1v) is 6.50. The molecule has 0 aromatic heterocycles. The third-order valence-corrected chi connectivity index (χ3v) is 3.56. The van der Waals surface area contributed by atoms with Gasteiger partial charge in [0.05, 0.1) is 23.7 Å². The van der Waals surface area contributed by atoms with Gasteiger partial charge < -0.3 is 9.64 Å². The minimum atomic E-state index is -0.342. The summed E-state index contributed by atoms with van der Waals surface area (Å²) in [6, 6.07) is 5.16. The summed E-state index contributed by atoms with van der Waals surface area (Å²) in [7, 11) is 0. The second kappa shape index (κ2) is 4.85. The Balaban J connectivity index is 2.46. The monoisotopic (exact) mass is 314 g/mol. The van der Waals surface area contributed by atoms with Crippen LogP contribution in [0.15, 0.2) is 22.7 Å². The molecule has 2 rings (SSSR count). The highest BCUT2D eigenvalue weighted by molar-refractivity contribution is 9.10. The van der Waals surface area contributed by atoms with Gasteiger partial charge in [0.2, 0.25) is 0 Å². The van der Waals surface area contributed by atoms with Gasteiger partial charge in [-0.15, -0.1) is 0 Å². The number of nitro groups is 1. The van der Waals surface area contributed by atoms with Gasteiger partial charge in [0.1, 0.15) is 5.69 Å². The number of anilines is 1. The van der Waals surface area contributed by atoms with Crippen LogP contribution in [0.25, 0.3) is 0 Å². The van der Waals surface area contributed by atoms with Crippen LogP contribution in [0, 0.1) is 10.1 Å². The van der Waals surface area contributed by atoms with E-state index in [-0.39, 0.29) is 16.1 Å².